The van der Waals surface area contributed by atoms with E-state index in [4.69, 9.17) is 27.1 Å². The molecule has 100 valence electrons. The minimum atomic E-state index is -4.69. The molecule has 0 saturated heterocycles. The summed E-state index contributed by atoms with van der Waals surface area (Å²) in [5, 5.41) is 0.0681. The minimum Gasteiger partial charge on any atom is -0.325 e. The molecule has 0 fully saturated rings. The third-order valence-corrected chi connectivity index (χ3v) is 3.67. The predicted molar refractivity (Wildman–Crippen MR) is 63.6 cm³/mol. The summed E-state index contributed by atoms with van der Waals surface area (Å²) in [5.41, 5.74) is 6.72. The molecule has 8 heteroatoms. The summed E-state index contributed by atoms with van der Waals surface area (Å²) in [7, 11) is -4.69. The quantitative estimate of drug-likeness (QED) is 0.725. The fraction of sp³-hybridized carbons (Fsp3) is 0.400. The maximum absolute atomic E-state index is 13.2. The number of fused-ring (bicyclic) bond motifs is 1. The first-order valence-electron chi connectivity index (χ1n) is 5.25. The van der Waals surface area contributed by atoms with Crippen LogP contribution in [0, 0.1) is 5.82 Å². The van der Waals surface area contributed by atoms with Crippen molar-refractivity contribution in [1.82, 2.24) is 0 Å². The highest BCUT2D eigenvalue weighted by Gasteiger charge is 2.35. The highest BCUT2D eigenvalue weighted by atomic mass is 35.5. The molecule has 4 N–H and O–H groups in total. The van der Waals surface area contributed by atoms with E-state index < -0.39 is 25.8 Å². The maximum Gasteiger partial charge on any atom is 0.470 e. The van der Waals surface area contributed by atoms with E-state index in [1.165, 1.54) is 6.07 Å². The van der Waals surface area contributed by atoms with Crippen LogP contribution < -0.4 is 5.73 Å². The van der Waals surface area contributed by atoms with Gasteiger partial charge in [-0.05, 0) is 30.5 Å². The van der Waals surface area contributed by atoms with E-state index in [0.29, 0.717) is 24.0 Å². The Balaban J connectivity index is 2.47. The van der Waals surface area contributed by atoms with Crippen LogP contribution >= 0.6 is 19.4 Å². The van der Waals surface area contributed by atoms with Crippen molar-refractivity contribution in [2.75, 3.05) is 0 Å². The standard InChI is InChI=1S/C10H12ClFNO4P/c11-7-4-6(12)3-5-1-2-8(13)10(9(5)7)17-18(14,15)16/h3-4,8,10H,1-2,13H2,(H2,14,15,16)/t8-,10?/m0/s1. The molecule has 0 radical (unpaired) electrons. The summed E-state index contributed by atoms with van der Waals surface area (Å²) in [5.74, 6) is -0.496. The minimum absolute atomic E-state index is 0.0681. The summed E-state index contributed by atoms with van der Waals surface area (Å²) in [4.78, 5) is 17.7. The number of hydrogen-bond donors (Lipinski definition) is 3. The van der Waals surface area contributed by atoms with Crippen LogP contribution in [0.15, 0.2) is 12.1 Å². The van der Waals surface area contributed by atoms with Crippen LogP contribution in [-0.2, 0) is 15.5 Å². The Labute approximate surface area is 108 Å². The van der Waals surface area contributed by atoms with E-state index >= 15 is 0 Å². The van der Waals surface area contributed by atoms with Gasteiger partial charge in [0, 0.05) is 16.6 Å². The Hall–Kier alpha value is -0.490. The molecule has 2 rings (SSSR count). The van der Waals surface area contributed by atoms with Crippen molar-refractivity contribution in [3.05, 3.63) is 34.1 Å². The number of aryl methyl sites for hydroxylation is 1. The molecule has 1 aliphatic rings. The zero-order chi connectivity index (χ0) is 13.5. The molecule has 1 aromatic rings. The Morgan fingerprint density at radius 1 is 1.50 bits per heavy atom. The van der Waals surface area contributed by atoms with Gasteiger partial charge in [0.1, 0.15) is 11.9 Å². The van der Waals surface area contributed by atoms with E-state index in [2.05, 4.69) is 4.52 Å². The summed E-state index contributed by atoms with van der Waals surface area (Å²) in [6.07, 6.45) is -0.0883. The second kappa shape index (κ2) is 4.89. The van der Waals surface area contributed by atoms with E-state index in [-0.39, 0.29) is 5.02 Å². The van der Waals surface area contributed by atoms with Crippen LogP contribution in [0.1, 0.15) is 23.7 Å². The lowest BCUT2D eigenvalue weighted by Crippen LogP contribution is -2.34. The lowest BCUT2D eigenvalue weighted by Gasteiger charge is -2.31. The van der Waals surface area contributed by atoms with Gasteiger partial charge < -0.3 is 15.5 Å². The van der Waals surface area contributed by atoms with Crippen LogP contribution in [0.25, 0.3) is 0 Å². The summed E-state index contributed by atoms with van der Waals surface area (Å²) >= 11 is 5.91. The Kier molecular flexibility index (Phi) is 3.78. The molecule has 0 spiro atoms. The molecule has 18 heavy (non-hydrogen) atoms. The Morgan fingerprint density at radius 2 is 2.17 bits per heavy atom. The second-order valence-electron chi connectivity index (χ2n) is 4.18. The summed E-state index contributed by atoms with van der Waals surface area (Å²) < 4.78 is 28.8. The summed E-state index contributed by atoms with van der Waals surface area (Å²) in [6, 6.07) is 1.77. The molecule has 0 saturated carbocycles. The van der Waals surface area contributed by atoms with E-state index in [1.807, 2.05) is 0 Å². The van der Waals surface area contributed by atoms with Gasteiger partial charge in [-0.3, -0.25) is 4.52 Å². The number of rotatable bonds is 2. The van der Waals surface area contributed by atoms with Gasteiger partial charge in [0.05, 0.1) is 0 Å². The van der Waals surface area contributed by atoms with Crippen molar-refractivity contribution >= 4 is 19.4 Å². The maximum atomic E-state index is 13.2. The van der Waals surface area contributed by atoms with Crippen LogP contribution in [0.4, 0.5) is 4.39 Å². The monoisotopic (exact) mass is 295 g/mol. The van der Waals surface area contributed by atoms with E-state index in [9.17, 15) is 8.96 Å². The molecular weight excluding hydrogens is 284 g/mol. The van der Waals surface area contributed by atoms with Crippen molar-refractivity contribution < 1.29 is 23.3 Å². The molecule has 1 aliphatic carbocycles. The first-order chi connectivity index (χ1) is 8.28. The van der Waals surface area contributed by atoms with E-state index in [1.54, 1.807) is 0 Å². The topological polar surface area (TPSA) is 92.8 Å². The average molecular weight is 296 g/mol. The molecule has 0 aliphatic heterocycles. The van der Waals surface area contributed by atoms with Gasteiger partial charge in [0.15, 0.2) is 0 Å². The number of phosphoric acid groups is 1. The third kappa shape index (κ3) is 2.91. The second-order valence-corrected chi connectivity index (χ2v) is 5.78. The van der Waals surface area contributed by atoms with Crippen LogP contribution in [0.5, 0.6) is 0 Å². The predicted octanol–water partition coefficient (Wildman–Crippen LogP) is 1.90. The fourth-order valence-electron chi connectivity index (χ4n) is 2.13. The van der Waals surface area contributed by atoms with Gasteiger partial charge in [-0.2, -0.15) is 0 Å². The molecule has 1 unspecified atom stereocenters. The normalized spacial score (nSPS) is 23.8. The van der Waals surface area contributed by atoms with Gasteiger partial charge in [0.25, 0.3) is 0 Å². The number of hydrogen-bond acceptors (Lipinski definition) is 3. The molecule has 1 aromatic carbocycles. The smallest absolute Gasteiger partial charge is 0.325 e. The lowest BCUT2D eigenvalue weighted by molar-refractivity contribution is 0.106. The van der Waals surface area contributed by atoms with Crippen molar-refractivity contribution in [2.45, 2.75) is 25.0 Å². The zero-order valence-corrected chi connectivity index (χ0v) is 10.9. The summed E-state index contributed by atoms with van der Waals surface area (Å²) in [6.45, 7) is 0. The Morgan fingerprint density at radius 3 is 2.78 bits per heavy atom. The average Bonchev–Trinajstić information content (AvgIpc) is 2.20. The van der Waals surface area contributed by atoms with Crippen LogP contribution in [0.2, 0.25) is 5.02 Å². The first kappa shape index (κ1) is 13.9. The van der Waals surface area contributed by atoms with Crippen LogP contribution in [-0.4, -0.2) is 15.8 Å². The lowest BCUT2D eigenvalue weighted by atomic mass is 9.86. The molecule has 0 amide bonds. The molecule has 0 aromatic heterocycles. The Bertz CT molecular complexity index is 521. The van der Waals surface area contributed by atoms with Crippen molar-refractivity contribution in [3.63, 3.8) is 0 Å². The van der Waals surface area contributed by atoms with Crippen molar-refractivity contribution in [3.8, 4) is 0 Å². The number of phosphoric ester groups is 1. The largest absolute Gasteiger partial charge is 0.470 e. The molecule has 2 atom stereocenters. The number of nitrogens with two attached hydrogens (primary N) is 1. The first-order valence-corrected chi connectivity index (χ1v) is 7.16. The highest BCUT2D eigenvalue weighted by molar-refractivity contribution is 7.46. The molecule has 0 bridgehead atoms. The number of benzene rings is 1. The van der Waals surface area contributed by atoms with Gasteiger partial charge in [0.2, 0.25) is 0 Å². The number of halogens is 2. The van der Waals surface area contributed by atoms with Crippen molar-refractivity contribution in [1.29, 1.82) is 0 Å². The van der Waals surface area contributed by atoms with Gasteiger partial charge >= 0.3 is 7.82 Å². The van der Waals surface area contributed by atoms with Crippen molar-refractivity contribution in [2.24, 2.45) is 5.73 Å². The third-order valence-electron chi connectivity index (χ3n) is 2.85. The van der Waals surface area contributed by atoms with Gasteiger partial charge in [-0.1, -0.05) is 11.6 Å². The van der Waals surface area contributed by atoms with E-state index in [0.717, 1.165) is 6.07 Å². The SMILES string of the molecule is N[C@H]1CCc2cc(F)cc(Cl)c2C1OP(=O)(O)O. The van der Waals surface area contributed by atoms with Gasteiger partial charge in [-0.15, -0.1) is 0 Å². The molecule has 5 nitrogen and oxygen atoms in total. The zero-order valence-electron chi connectivity index (χ0n) is 9.22. The molecule has 0 heterocycles. The fourth-order valence-corrected chi connectivity index (χ4v) is 3.02. The van der Waals surface area contributed by atoms with Crippen LogP contribution in [0.3, 0.4) is 0 Å². The highest BCUT2D eigenvalue weighted by Crippen LogP contribution is 2.47. The molecular formula is C10H12ClFNO4P. The van der Waals surface area contributed by atoms with Gasteiger partial charge in [-0.25, -0.2) is 8.96 Å².